The van der Waals surface area contributed by atoms with Crippen LogP contribution in [0.15, 0.2) is 30.6 Å². The Balaban J connectivity index is 1.50. The first kappa shape index (κ1) is 15.5. The van der Waals surface area contributed by atoms with Gasteiger partial charge in [0.15, 0.2) is 11.5 Å². The van der Waals surface area contributed by atoms with Gasteiger partial charge >= 0.3 is 0 Å². The highest BCUT2D eigenvalue weighted by molar-refractivity contribution is 5.44. The smallest absolute Gasteiger partial charge is 0.231 e. The molecule has 2 aliphatic heterocycles. The molecule has 0 spiro atoms. The summed E-state index contributed by atoms with van der Waals surface area (Å²) in [5.41, 5.74) is 1.23. The van der Waals surface area contributed by atoms with E-state index in [1.165, 1.54) is 5.56 Å². The van der Waals surface area contributed by atoms with E-state index in [1.54, 1.807) is 0 Å². The second-order valence-corrected chi connectivity index (χ2v) is 6.38. The number of rotatable bonds is 5. The van der Waals surface area contributed by atoms with Gasteiger partial charge < -0.3 is 18.8 Å². The minimum Gasteiger partial charge on any atom is -0.454 e. The third-order valence-electron chi connectivity index (χ3n) is 4.54. The summed E-state index contributed by atoms with van der Waals surface area (Å²) in [5, 5.41) is 0. The molecule has 6 nitrogen and oxygen atoms in total. The number of nitrogens with zero attached hydrogens (tertiary/aromatic N) is 3. The Hall–Kier alpha value is -2.05. The Kier molecular flexibility index (Phi) is 4.40. The lowest BCUT2D eigenvalue weighted by atomic mass is 10.1. The van der Waals surface area contributed by atoms with Crippen LogP contribution in [-0.2, 0) is 24.4 Å². The molecule has 4 rings (SSSR count). The highest BCUT2D eigenvalue weighted by Crippen LogP contribution is 2.33. The highest BCUT2D eigenvalue weighted by Gasteiger charge is 2.23. The van der Waals surface area contributed by atoms with Crippen LogP contribution in [0.2, 0.25) is 0 Å². The second-order valence-electron chi connectivity index (χ2n) is 6.38. The topological polar surface area (TPSA) is 48.8 Å². The summed E-state index contributed by atoms with van der Waals surface area (Å²) in [7, 11) is 0. The summed E-state index contributed by atoms with van der Waals surface area (Å²) in [6.45, 7) is 7.59. The third kappa shape index (κ3) is 3.25. The van der Waals surface area contributed by atoms with Crippen molar-refractivity contribution < 1.29 is 14.2 Å². The molecule has 3 heterocycles. The Bertz CT molecular complexity index is 701. The first-order chi connectivity index (χ1) is 11.8. The Morgan fingerprint density at radius 2 is 2.17 bits per heavy atom. The fourth-order valence-electron chi connectivity index (χ4n) is 3.43. The normalized spacial score (nSPS) is 20.0. The molecule has 1 aromatic carbocycles. The van der Waals surface area contributed by atoms with Crippen molar-refractivity contribution in [3.63, 3.8) is 0 Å². The summed E-state index contributed by atoms with van der Waals surface area (Å²) in [5.74, 6) is 3.26. The number of benzene rings is 1. The molecule has 0 amide bonds. The zero-order valence-electron chi connectivity index (χ0n) is 14.0. The largest absolute Gasteiger partial charge is 0.454 e. The van der Waals surface area contributed by atoms with Crippen LogP contribution in [0, 0.1) is 5.92 Å². The van der Waals surface area contributed by atoms with E-state index in [0.29, 0.717) is 12.7 Å². The number of ether oxygens (including phenoxy) is 3. The standard InChI is InChI=1S/C18H23N3O3/c1-2-22-12-15-9-20(11-18-19-5-6-21(18)10-15)8-14-3-4-16-17(7-14)24-13-23-16/h3-7,15H,2,8-13H2,1H3/t15-/m0/s1. The van der Waals surface area contributed by atoms with Crippen LogP contribution in [0.1, 0.15) is 18.3 Å². The molecule has 2 aliphatic rings. The lowest BCUT2D eigenvalue weighted by molar-refractivity contribution is 0.0851. The maximum Gasteiger partial charge on any atom is 0.231 e. The number of hydrogen-bond donors (Lipinski definition) is 0. The van der Waals surface area contributed by atoms with Gasteiger partial charge in [0.2, 0.25) is 6.79 Å². The lowest BCUT2D eigenvalue weighted by Gasteiger charge is -2.23. The minimum absolute atomic E-state index is 0.316. The van der Waals surface area contributed by atoms with Gasteiger partial charge in [0.25, 0.3) is 0 Å². The van der Waals surface area contributed by atoms with Crippen LogP contribution >= 0.6 is 0 Å². The first-order valence-electron chi connectivity index (χ1n) is 8.50. The molecule has 128 valence electrons. The molecule has 1 aromatic heterocycles. The lowest BCUT2D eigenvalue weighted by Crippen LogP contribution is -2.30. The zero-order valence-corrected chi connectivity index (χ0v) is 14.0. The van der Waals surface area contributed by atoms with Crippen molar-refractivity contribution in [3.8, 4) is 11.5 Å². The molecule has 6 heteroatoms. The molecule has 24 heavy (non-hydrogen) atoms. The van der Waals surface area contributed by atoms with Crippen molar-refractivity contribution in [2.24, 2.45) is 5.92 Å². The molecule has 0 bridgehead atoms. The molecule has 0 unspecified atom stereocenters. The molecule has 0 saturated heterocycles. The van der Waals surface area contributed by atoms with Gasteiger partial charge in [0.05, 0.1) is 13.2 Å². The Morgan fingerprint density at radius 1 is 1.25 bits per heavy atom. The van der Waals surface area contributed by atoms with E-state index >= 15 is 0 Å². The maximum atomic E-state index is 5.68. The van der Waals surface area contributed by atoms with Crippen LogP contribution in [0.3, 0.4) is 0 Å². The molecule has 0 saturated carbocycles. The molecular formula is C18H23N3O3. The summed E-state index contributed by atoms with van der Waals surface area (Å²) in [6.07, 6.45) is 3.95. The van der Waals surface area contributed by atoms with Crippen LogP contribution in [-0.4, -0.2) is 41.0 Å². The van der Waals surface area contributed by atoms with Gasteiger partial charge in [-0.15, -0.1) is 0 Å². The van der Waals surface area contributed by atoms with E-state index < -0.39 is 0 Å². The third-order valence-corrected chi connectivity index (χ3v) is 4.54. The summed E-state index contributed by atoms with van der Waals surface area (Å²) in [6, 6.07) is 6.19. The predicted octanol–water partition coefficient (Wildman–Crippen LogP) is 2.28. The number of aromatic nitrogens is 2. The van der Waals surface area contributed by atoms with Gasteiger partial charge in [-0.3, -0.25) is 4.90 Å². The van der Waals surface area contributed by atoms with Gasteiger partial charge in [0, 0.05) is 44.6 Å². The van der Waals surface area contributed by atoms with E-state index in [-0.39, 0.29) is 0 Å². The van der Waals surface area contributed by atoms with Gasteiger partial charge in [-0.05, 0) is 24.6 Å². The van der Waals surface area contributed by atoms with Crippen LogP contribution in [0.25, 0.3) is 0 Å². The molecule has 0 radical (unpaired) electrons. The van der Waals surface area contributed by atoms with Gasteiger partial charge in [-0.1, -0.05) is 6.07 Å². The van der Waals surface area contributed by atoms with Crippen molar-refractivity contribution in [2.45, 2.75) is 26.6 Å². The quantitative estimate of drug-likeness (QED) is 0.842. The number of hydrogen-bond acceptors (Lipinski definition) is 5. The van der Waals surface area contributed by atoms with Gasteiger partial charge in [0.1, 0.15) is 5.82 Å². The summed E-state index contributed by atoms with van der Waals surface area (Å²) in [4.78, 5) is 6.95. The molecule has 1 atom stereocenters. The fourth-order valence-corrected chi connectivity index (χ4v) is 3.43. The highest BCUT2D eigenvalue weighted by atomic mass is 16.7. The van der Waals surface area contributed by atoms with Gasteiger partial charge in [-0.2, -0.15) is 0 Å². The molecule has 0 fully saturated rings. The van der Waals surface area contributed by atoms with E-state index in [2.05, 4.69) is 32.8 Å². The second kappa shape index (κ2) is 6.83. The Morgan fingerprint density at radius 3 is 3.08 bits per heavy atom. The molecule has 0 aliphatic carbocycles. The Labute approximate surface area is 142 Å². The molecule has 2 aromatic rings. The van der Waals surface area contributed by atoms with Gasteiger partial charge in [-0.25, -0.2) is 4.98 Å². The number of imidazole rings is 1. The van der Waals surface area contributed by atoms with E-state index in [9.17, 15) is 0 Å². The van der Waals surface area contributed by atoms with Crippen molar-refractivity contribution in [1.82, 2.24) is 14.5 Å². The predicted molar refractivity (Wildman–Crippen MR) is 88.9 cm³/mol. The number of fused-ring (bicyclic) bond motifs is 2. The monoisotopic (exact) mass is 329 g/mol. The van der Waals surface area contributed by atoms with Crippen LogP contribution in [0.4, 0.5) is 0 Å². The average molecular weight is 329 g/mol. The first-order valence-corrected chi connectivity index (χ1v) is 8.50. The van der Waals surface area contributed by atoms with Crippen LogP contribution < -0.4 is 9.47 Å². The van der Waals surface area contributed by atoms with Crippen molar-refractivity contribution in [2.75, 3.05) is 26.6 Å². The van der Waals surface area contributed by atoms with Crippen LogP contribution in [0.5, 0.6) is 11.5 Å². The maximum absolute atomic E-state index is 5.68. The molecule has 0 N–H and O–H groups in total. The molecular weight excluding hydrogens is 306 g/mol. The van der Waals surface area contributed by atoms with Crippen molar-refractivity contribution >= 4 is 0 Å². The SMILES string of the molecule is CCOC[C@H]1CN(Cc2ccc3c(c2)OCO3)Cc2nccn2C1. The summed E-state index contributed by atoms with van der Waals surface area (Å²) >= 11 is 0. The van der Waals surface area contributed by atoms with Crippen molar-refractivity contribution in [3.05, 3.63) is 42.0 Å². The van der Waals surface area contributed by atoms with E-state index in [1.807, 2.05) is 19.2 Å². The van der Waals surface area contributed by atoms with E-state index in [0.717, 1.165) is 56.7 Å². The average Bonchev–Trinajstić information content (AvgIpc) is 3.18. The zero-order chi connectivity index (χ0) is 16.4. The fraction of sp³-hybridized carbons (Fsp3) is 0.500. The van der Waals surface area contributed by atoms with Crippen molar-refractivity contribution in [1.29, 1.82) is 0 Å². The summed E-state index contributed by atoms with van der Waals surface area (Å²) < 4.78 is 18.8. The van der Waals surface area contributed by atoms with E-state index in [4.69, 9.17) is 14.2 Å². The minimum atomic E-state index is 0.316.